The number of benzene rings is 2. The standard InChI is InChI=1S/C23H24N2O4/c1-15(2)19-10-9-16(3)11-21(19)28-14-22(26)25-24-13-18-12-20(29-23(18)27)17-7-5-4-6-8-17/h4-13,15,27H,14H2,1-3H3,(H,25,26)/b24-13+. The van der Waals surface area contributed by atoms with Crippen LogP contribution in [-0.2, 0) is 4.79 Å². The fourth-order valence-corrected chi connectivity index (χ4v) is 2.83. The number of hydrogen-bond donors (Lipinski definition) is 2. The van der Waals surface area contributed by atoms with Crippen LogP contribution in [0.3, 0.4) is 0 Å². The predicted molar refractivity (Wildman–Crippen MR) is 112 cm³/mol. The minimum absolute atomic E-state index is 0.160. The summed E-state index contributed by atoms with van der Waals surface area (Å²) in [5, 5.41) is 13.8. The van der Waals surface area contributed by atoms with Gasteiger partial charge >= 0.3 is 0 Å². The first-order chi connectivity index (χ1) is 13.9. The largest absolute Gasteiger partial charge is 0.483 e. The van der Waals surface area contributed by atoms with Crippen LogP contribution in [0.25, 0.3) is 11.3 Å². The number of carbonyl (C=O) groups is 1. The quantitative estimate of drug-likeness (QED) is 0.454. The van der Waals surface area contributed by atoms with Gasteiger partial charge < -0.3 is 14.3 Å². The van der Waals surface area contributed by atoms with Crippen molar-refractivity contribution in [3.63, 3.8) is 0 Å². The van der Waals surface area contributed by atoms with E-state index in [2.05, 4.69) is 24.4 Å². The number of nitrogens with one attached hydrogen (secondary N) is 1. The molecule has 29 heavy (non-hydrogen) atoms. The van der Waals surface area contributed by atoms with Crippen molar-refractivity contribution in [1.82, 2.24) is 5.43 Å². The summed E-state index contributed by atoms with van der Waals surface area (Å²) >= 11 is 0. The van der Waals surface area contributed by atoms with Crippen molar-refractivity contribution in [1.29, 1.82) is 0 Å². The Morgan fingerprint density at radius 3 is 2.69 bits per heavy atom. The van der Waals surface area contributed by atoms with Crippen LogP contribution < -0.4 is 10.2 Å². The van der Waals surface area contributed by atoms with Crippen molar-refractivity contribution >= 4 is 12.1 Å². The molecular weight excluding hydrogens is 368 g/mol. The van der Waals surface area contributed by atoms with Gasteiger partial charge in [-0.1, -0.05) is 56.3 Å². The molecule has 150 valence electrons. The first-order valence-corrected chi connectivity index (χ1v) is 9.37. The van der Waals surface area contributed by atoms with E-state index in [1.165, 1.54) is 6.21 Å². The average molecular weight is 392 g/mol. The van der Waals surface area contributed by atoms with Gasteiger partial charge in [-0.15, -0.1) is 0 Å². The third-order valence-electron chi connectivity index (χ3n) is 4.34. The van der Waals surface area contributed by atoms with E-state index in [9.17, 15) is 9.90 Å². The molecule has 0 aliphatic carbocycles. The molecule has 1 heterocycles. The number of aryl methyl sites for hydroxylation is 1. The summed E-state index contributed by atoms with van der Waals surface area (Å²) in [6, 6.07) is 17.0. The Hall–Kier alpha value is -3.54. The molecule has 0 bridgehead atoms. The van der Waals surface area contributed by atoms with Crippen molar-refractivity contribution < 1.29 is 19.1 Å². The molecule has 0 radical (unpaired) electrons. The molecule has 1 amide bonds. The van der Waals surface area contributed by atoms with Crippen LogP contribution in [0.1, 0.15) is 36.5 Å². The van der Waals surface area contributed by atoms with Crippen LogP contribution in [0, 0.1) is 6.92 Å². The number of nitrogens with zero attached hydrogens (tertiary/aromatic N) is 1. The van der Waals surface area contributed by atoms with Gasteiger partial charge in [-0.2, -0.15) is 5.10 Å². The molecule has 0 fully saturated rings. The minimum Gasteiger partial charge on any atom is -0.483 e. The van der Waals surface area contributed by atoms with Crippen LogP contribution in [0.15, 0.2) is 64.1 Å². The first kappa shape index (κ1) is 20.2. The molecule has 0 saturated heterocycles. The van der Waals surface area contributed by atoms with Gasteiger partial charge in [-0.3, -0.25) is 4.79 Å². The molecule has 0 aliphatic rings. The maximum absolute atomic E-state index is 12.0. The Morgan fingerprint density at radius 2 is 1.97 bits per heavy atom. The molecule has 6 nitrogen and oxygen atoms in total. The second-order valence-corrected chi connectivity index (χ2v) is 7.02. The van der Waals surface area contributed by atoms with E-state index in [4.69, 9.17) is 9.15 Å². The molecule has 0 saturated carbocycles. The predicted octanol–water partition coefficient (Wildman–Crippen LogP) is 4.61. The van der Waals surface area contributed by atoms with E-state index < -0.39 is 5.91 Å². The highest BCUT2D eigenvalue weighted by atomic mass is 16.5. The Labute approximate surface area is 169 Å². The highest BCUT2D eigenvalue weighted by Crippen LogP contribution is 2.29. The summed E-state index contributed by atoms with van der Waals surface area (Å²) in [7, 11) is 0. The zero-order valence-electron chi connectivity index (χ0n) is 16.7. The lowest BCUT2D eigenvalue weighted by molar-refractivity contribution is -0.123. The monoisotopic (exact) mass is 392 g/mol. The van der Waals surface area contributed by atoms with E-state index in [1.807, 2.05) is 55.5 Å². The van der Waals surface area contributed by atoms with E-state index >= 15 is 0 Å². The van der Waals surface area contributed by atoms with E-state index in [-0.39, 0.29) is 18.5 Å². The number of carbonyl (C=O) groups excluding carboxylic acids is 1. The molecule has 0 spiro atoms. The number of aromatic hydroxyl groups is 1. The van der Waals surface area contributed by atoms with E-state index in [0.717, 1.165) is 16.7 Å². The van der Waals surface area contributed by atoms with Crippen LogP contribution >= 0.6 is 0 Å². The second kappa shape index (κ2) is 9.10. The summed E-state index contributed by atoms with van der Waals surface area (Å²) in [4.78, 5) is 12.0. The lowest BCUT2D eigenvalue weighted by Gasteiger charge is -2.14. The van der Waals surface area contributed by atoms with E-state index in [1.54, 1.807) is 6.07 Å². The molecule has 0 unspecified atom stereocenters. The van der Waals surface area contributed by atoms with E-state index in [0.29, 0.717) is 17.1 Å². The molecule has 6 heteroatoms. The first-order valence-electron chi connectivity index (χ1n) is 9.37. The molecule has 1 aromatic heterocycles. The highest BCUT2D eigenvalue weighted by Gasteiger charge is 2.11. The molecular formula is C23H24N2O4. The number of rotatable bonds is 7. The van der Waals surface area contributed by atoms with Crippen LogP contribution in [0.4, 0.5) is 0 Å². The average Bonchev–Trinajstić information content (AvgIpc) is 3.07. The molecule has 2 aromatic carbocycles. The fraction of sp³-hybridized carbons (Fsp3) is 0.217. The second-order valence-electron chi connectivity index (χ2n) is 7.02. The van der Waals surface area contributed by atoms with Crippen LogP contribution in [-0.4, -0.2) is 23.8 Å². The number of amides is 1. The smallest absolute Gasteiger partial charge is 0.291 e. The Morgan fingerprint density at radius 1 is 1.21 bits per heavy atom. The number of hydrogen-bond acceptors (Lipinski definition) is 5. The maximum atomic E-state index is 12.0. The lowest BCUT2D eigenvalue weighted by Crippen LogP contribution is -2.24. The maximum Gasteiger partial charge on any atom is 0.291 e. The Bertz CT molecular complexity index is 1010. The molecule has 0 aliphatic heterocycles. The number of hydrazone groups is 1. The summed E-state index contributed by atoms with van der Waals surface area (Å²) in [6.07, 6.45) is 1.33. The Kier molecular flexibility index (Phi) is 6.34. The fourth-order valence-electron chi connectivity index (χ4n) is 2.83. The third-order valence-corrected chi connectivity index (χ3v) is 4.34. The van der Waals surface area contributed by atoms with Gasteiger partial charge in [0.05, 0.1) is 11.8 Å². The highest BCUT2D eigenvalue weighted by molar-refractivity contribution is 5.86. The minimum atomic E-state index is -0.399. The normalized spacial score (nSPS) is 11.2. The molecule has 3 rings (SSSR count). The summed E-state index contributed by atoms with van der Waals surface area (Å²) in [5.41, 5.74) is 5.70. The van der Waals surface area contributed by atoms with Crippen molar-refractivity contribution in [3.8, 4) is 23.0 Å². The third kappa shape index (κ3) is 5.25. The molecule has 2 N–H and O–H groups in total. The number of ether oxygens (including phenoxy) is 1. The SMILES string of the molecule is Cc1ccc(C(C)C)c(OCC(=O)N/N=C/c2cc(-c3ccccc3)oc2O)c1. The molecule has 3 aromatic rings. The van der Waals surface area contributed by atoms with Gasteiger partial charge in [0.1, 0.15) is 11.5 Å². The van der Waals surface area contributed by atoms with Gasteiger partial charge in [0.25, 0.3) is 11.9 Å². The zero-order valence-corrected chi connectivity index (χ0v) is 16.7. The van der Waals surface area contributed by atoms with Gasteiger partial charge in [-0.05, 0) is 36.1 Å². The van der Waals surface area contributed by atoms with Crippen molar-refractivity contribution in [2.45, 2.75) is 26.7 Å². The van der Waals surface area contributed by atoms with Gasteiger partial charge in [0.2, 0.25) is 0 Å². The number of furan rings is 1. The van der Waals surface area contributed by atoms with Gasteiger partial charge in [0, 0.05) is 5.56 Å². The van der Waals surface area contributed by atoms with Gasteiger partial charge in [0.15, 0.2) is 6.61 Å². The lowest BCUT2D eigenvalue weighted by atomic mass is 10.0. The summed E-state index contributed by atoms with van der Waals surface area (Å²) in [6.45, 7) is 5.96. The summed E-state index contributed by atoms with van der Waals surface area (Å²) in [5.74, 6) is 0.830. The van der Waals surface area contributed by atoms with Crippen molar-refractivity contribution in [3.05, 3.63) is 71.3 Å². The molecule has 0 atom stereocenters. The zero-order chi connectivity index (χ0) is 20.8. The Balaban J connectivity index is 1.58. The van der Waals surface area contributed by atoms with Crippen LogP contribution in [0.5, 0.6) is 11.7 Å². The topological polar surface area (TPSA) is 84.1 Å². The van der Waals surface area contributed by atoms with Crippen LogP contribution in [0.2, 0.25) is 0 Å². The van der Waals surface area contributed by atoms with Crippen molar-refractivity contribution in [2.75, 3.05) is 6.61 Å². The van der Waals surface area contributed by atoms with Gasteiger partial charge in [-0.25, -0.2) is 5.43 Å². The summed E-state index contributed by atoms with van der Waals surface area (Å²) < 4.78 is 11.0. The van der Waals surface area contributed by atoms with Crippen molar-refractivity contribution in [2.24, 2.45) is 5.10 Å².